The lowest BCUT2D eigenvalue weighted by molar-refractivity contribution is -0.229. The number of allylic oxidation sites excluding steroid dienone is 6. The second-order valence-electron chi connectivity index (χ2n) is 46.2. The van der Waals surface area contributed by atoms with E-state index in [-0.39, 0.29) is 181 Å². The van der Waals surface area contributed by atoms with Gasteiger partial charge in [-0.05, 0) is 280 Å². The number of carbonyl (C=O) groups excluding carboxylic acids is 6. The number of ketones is 6. The first-order chi connectivity index (χ1) is 49.1. The van der Waals surface area contributed by atoms with Gasteiger partial charge in [0.1, 0.15) is 40.4 Å². The number of aliphatic hydroxyl groups is 2. The number of fused-ring (bicyclic) bond motifs is 21. The van der Waals surface area contributed by atoms with Gasteiger partial charge in [0.05, 0.1) is 19.7 Å². The maximum atomic E-state index is 14.4. The molecule has 584 valence electrons. The van der Waals surface area contributed by atoms with Crippen LogP contribution in [0.15, 0.2) is 34.7 Å². The zero-order valence-electron chi connectivity index (χ0n) is 70.7. The van der Waals surface area contributed by atoms with E-state index in [1.165, 1.54) is 0 Å². The molecule has 24 atom stereocenters. The Morgan fingerprint density at radius 3 is 1.11 bits per heavy atom. The molecule has 12 fully saturated rings. The Bertz CT molecular complexity index is 4120. The monoisotopic (exact) mass is 1460 g/mol. The summed E-state index contributed by atoms with van der Waals surface area (Å²) in [5.41, 5.74) is -1.75. The van der Waals surface area contributed by atoms with Crippen molar-refractivity contribution in [2.75, 3.05) is 0 Å². The summed E-state index contributed by atoms with van der Waals surface area (Å²) in [6, 6.07) is 0. The van der Waals surface area contributed by atoms with Crippen LogP contribution in [0.1, 0.15) is 326 Å². The van der Waals surface area contributed by atoms with Crippen LogP contribution in [0.25, 0.3) is 14.5 Å². The zero-order chi connectivity index (χ0) is 79.2. The molecule has 0 aromatic heterocycles. The zero-order valence-corrected chi connectivity index (χ0v) is 70.7. The molecular weight excluding hydrogens is 1320 g/mol. The highest BCUT2D eigenvalue weighted by atomic mass is 16.3. The van der Waals surface area contributed by atoms with Gasteiger partial charge in [0.2, 0.25) is 17.1 Å². The van der Waals surface area contributed by atoms with E-state index in [0.717, 1.165) is 135 Å². The van der Waals surface area contributed by atoms with E-state index < -0.39 is 16.2 Å². The molecule has 0 saturated heterocycles. The van der Waals surface area contributed by atoms with Crippen LogP contribution in [0.2, 0.25) is 0 Å². The molecule has 0 heterocycles. The number of terminal acetylenes is 1. The summed E-state index contributed by atoms with van der Waals surface area (Å²) >= 11 is 0. The van der Waals surface area contributed by atoms with Gasteiger partial charge in [-0.3, -0.25) is 24.0 Å². The van der Waals surface area contributed by atoms with Crippen LogP contribution in [0.3, 0.4) is 0 Å². The minimum Gasteiger partial charge on any atom is -0.523 e. The molecule has 0 bridgehead atoms. The van der Waals surface area contributed by atoms with Gasteiger partial charge in [-0.1, -0.05) is 157 Å². The smallest absolute Gasteiger partial charge is 0.226 e. The minimum absolute atomic E-state index is 0.0232. The van der Waals surface area contributed by atoms with Crippen molar-refractivity contribution < 1.29 is 39.0 Å². The summed E-state index contributed by atoms with van der Waals surface area (Å²) in [4.78, 5) is 94.2. The molecule has 15 rings (SSSR count). The molecule has 0 amide bonds. The number of hydrogen-bond donors (Lipinski definition) is 2. The maximum absolute atomic E-state index is 14.4. The Labute approximate surface area is 646 Å². The second-order valence-corrected chi connectivity index (χ2v) is 46.2. The van der Waals surface area contributed by atoms with Crippen LogP contribution >= 0.6 is 0 Å². The Morgan fingerprint density at radius 1 is 0.411 bits per heavy atom. The van der Waals surface area contributed by atoms with Crippen molar-refractivity contribution in [2.24, 2.45) is 168 Å². The average Bonchev–Trinajstić information content (AvgIpc) is 0.680. The van der Waals surface area contributed by atoms with E-state index >= 15 is 0 Å². The summed E-state index contributed by atoms with van der Waals surface area (Å²) in [6.45, 7) is 74.8. The highest BCUT2D eigenvalue weighted by Crippen LogP contribution is 2.81. The first-order valence-electron chi connectivity index (χ1n) is 42.5. The van der Waals surface area contributed by atoms with Crippen molar-refractivity contribution >= 4 is 34.7 Å². The van der Waals surface area contributed by atoms with Crippen LogP contribution in [-0.2, 0) is 28.8 Å². The molecule has 2 N–H and O–H groups in total. The average molecular weight is 1460 g/mol. The van der Waals surface area contributed by atoms with Gasteiger partial charge < -0.3 is 15.0 Å². The maximum Gasteiger partial charge on any atom is 0.226 e. The van der Waals surface area contributed by atoms with Crippen molar-refractivity contribution in [2.45, 2.75) is 326 Å². The van der Waals surface area contributed by atoms with E-state index in [9.17, 15) is 39.0 Å². The Balaban J connectivity index is 0.000000142. The van der Waals surface area contributed by atoms with Crippen molar-refractivity contribution in [1.82, 2.24) is 0 Å². The number of carbonyl (C=O) groups is 6. The molecule has 0 aromatic rings. The highest BCUT2D eigenvalue weighted by molar-refractivity contribution is 6.02. The van der Waals surface area contributed by atoms with Gasteiger partial charge in [0.25, 0.3) is 0 Å². The molecule has 107 heavy (non-hydrogen) atoms. The third-order valence-corrected chi connectivity index (χ3v) is 39.6. The predicted molar refractivity (Wildman–Crippen MR) is 422 cm³/mol. The first kappa shape index (κ1) is 79.9. The van der Waals surface area contributed by atoms with E-state index in [1.807, 2.05) is 19.9 Å². The third-order valence-electron chi connectivity index (χ3n) is 39.6. The van der Waals surface area contributed by atoms with Crippen molar-refractivity contribution in [3.63, 3.8) is 0 Å². The molecule has 15 aliphatic rings. The number of rotatable bonds is 2. The van der Waals surface area contributed by atoms with E-state index in [1.54, 1.807) is 13.8 Å². The number of hydrogen-bond acceptors (Lipinski definition) is 8. The van der Waals surface area contributed by atoms with E-state index in [4.69, 9.17) is 26.1 Å². The van der Waals surface area contributed by atoms with Gasteiger partial charge in [0, 0.05) is 69.5 Å². The molecule has 15 aliphatic carbocycles. The van der Waals surface area contributed by atoms with Gasteiger partial charge in [-0.25, -0.2) is 14.5 Å². The second kappa shape index (κ2) is 24.4. The van der Waals surface area contributed by atoms with E-state index in [0.29, 0.717) is 66.6 Å². The third kappa shape index (κ3) is 10.5. The van der Waals surface area contributed by atoms with Crippen LogP contribution in [-0.4, -0.2) is 44.9 Å². The normalized spacial score (nSPS) is 49.4. The lowest BCUT2D eigenvalue weighted by Gasteiger charge is -2.72. The number of aliphatic hydroxyl groups excluding tert-OH is 2. The van der Waals surface area contributed by atoms with Gasteiger partial charge in [-0.15, -0.1) is 6.42 Å². The molecule has 11 heteroatoms. The number of nitrogens with zero attached hydrogens (tertiary/aromatic N) is 3. The quantitative estimate of drug-likeness (QED) is 0.204. The molecule has 0 radical (unpaired) electrons. The molecule has 11 nitrogen and oxygen atoms in total. The van der Waals surface area contributed by atoms with Crippen LogP contribution in [0.5, 0.6) is 0 Å². The SMILES string of the molecule is [C-]#[N+]C1=C(O)C(C)(C)[C@@H]2CC[C@]3(C)[C@H](CC(=O)[C@@H]4[C@@H]5CC(C)(C)CC[C@]5(C#C)CC[C@]43C)[C@@]2(C)C1.[C-]#[N+]C1=C(O)C(C)(C)[C@@H]2CC[C@]3(C)[C@H](CC(=O)[C@@H]4[C@@H]5CC(C)(C)CC[C@]5(C(C)=O)CC[C@]43C)[C@@]2(C)C1.[C-]#[N+]C1=C[C@]2(C)[C@H]3CC(=O)[C@@H]4[C@@H]5CC(C)(C)CC[C@]5(C(C)=O)CC[C@@]4(C)[C@]3(C)CC[C@H]2C(C)(C)C1=O. The Morgan fingerprint density at radius 2 is 0.738 bits per heavy atom. The van der Waals surface area contributed by atoms with Gasteiger partial charge >= 0.3 is 0 Å². The van der Waals surface area contributed by atoms with Crippen LogP contribution in [0.4, 0.5) is 0 Å². The number of Topliss-reactive ketones (excluding diaryl/α,β-unsaturated/α-hetero) is 6. The molecule has 0 spiro atoms. The molecular formula is C96H137N3O8. The van der Waals surface area contributed by atoms with E-state index in [2.05, 4.69) is 152 Å². The first-order valence-corrected chi connectivity index (χ1v) is 42.5. The fourth-order valence-corrected chi connectivity index (χ4v) is 32.9. The van der Waals surface area contributed by atoms with Gasteiger partial charge in [-0.2, -0.15) is 0 Å². The Kier molecular flexibility index (Phi) is 18.3. The van der Waals surface area contributed by atoms with Crippen LogP contribution < -0.4 is 0 Å². The molecule has 12 saturated carbocycles. The Hall–Kier alpha value is -5.13. The minimum atomic E-state index is -0.602. The van der Waals surface area contributed by atoms with Crippen molar-refractivity contribution in [3.05, 3.63) is 68.9 Å². The summed E-state index contributed by atoms with van der Waals surface area (Å²) < 4.78 is 0. The summed E-state index contributed by atoms with van der Waals surface area (Å²) in [7, 11) is 0. The van der Waals surface area contributed by atoms with Gasteiger partial charge in [0.15, 0.2) is 5.78 Å². The molecule has 0 aromatic carbocycles. The fraction of sp³-hybridized carbons (Fsp3) is 0.823. The lowest BCUT2D eigenvalue weighted by Crippen LogP contribution is -2.69. The topological polar surface area (TPSA) is 156 Å². The molecule has 0 aliphatic heterocycles. The summed E-state index contributed by atoms with van der Waals surface area (Å²) in [5.74, 6) is 7.09. The lowest BCUT2D eigenvalue weighted by atomic mass is 9.31. The highest BCUT2D eigenvalue weighted by Gasteiger charge is 2.77. The standard InChI is InChI=1S/C32H47NO3.C32H45NO3.C32H45NO2/c2*1-19(34)32-14-12-27(2,3)17-20(32)25-22(35)16-24-29(6)18-21(33-9)26(36)28(4,5)23(29)10-11-30(24,7)31(25,8)13-15-32;1-10-32-15-13-27(2,3)18-20(32)25-22(34)17-24-29(6)19-21(33-9)26(35)28(4,5)23(29)11-12-30(24,7)31(25,8)14-16-32/h20,23-25,36H,10-18H2,1-8H3;18,20,23-25H,10-17H2,1-8H3;1,20,23-25,35H,11-19H2,2-8H3/t3*20-,23-,24+,25-,29-,30+,31+,32+/m000/s1. The van der Waals surface area contributed by atoms with Crippen LogP contribution in [0, 0.1) is 201 Å². The fourth-order valence-electron chi connectivity index (χ4n) is 32.9. The summed E-state index contributed by atoms with van der Waals surface area (Å²) in [6.07, 6.45) is 32.0. The van der Waals surface area contributed by atoms with Crippen molar-refractivity contribution in [1.29, 1.82) is 0 Å². The predicted octanol–water partition coefficient (Wildman–Crippen LogP) is 23.1. The summed E-state index contributed by atoms with van der Waals surface area (Å²) in [5, 5.41) is 22.0. The van der Waals surface area contributed by atoms with Crippen molar-refractivity contribution in [3.8, 4) is 12.3 Å². The largest absolute Gasteiger partial charge is 0.523 e. The molecule has 0 unspecified atom stereocenters.